The van der Waals surface area contributed by atoms with Gasteiger partial charge in [0, 0.05) is 22.0 Å². The molecule has 1 heteroatoms. The largest absolute Gasteiger partial charge is 0.289 e. The van der Waals surface area contributed by atoms with Crippen molar-refractivity contribution in [1.29, 1.82) is 0 Å². The van der Waals surface area contributed by atoms with Gasteiger partial charge in [-0.1, -0.05) is 83.2 Å². The molecule has 180 valence electrons. The maximum atomic E-state index is 14.5. The summed E-state index contributed by atoms with van der Waals surface area (Å²) in [6, 6.07) is 2.27. The fraction of sp³-hybridized carbons (Fsp3) is 0.485. The molecule has 0 radical (unpaired) electrons. The molecule has 0 amide bonds. The quantitative estimate of drug-likeness (QED) is 0.445. The van der Waals surface area contributed by atoms with E-state index in [-0.39, 0.29) is 22.0 Å². The molecule has 3 aliphatic carbocycles. The molecule has 0 saturated heterocycles. The second-order valence-electron chi connectivity index (χ2n) is 12.4. The second kappa shape index (κ2) is 7.54. The Labute approximate surface area is 207 Å². The molecular formula is C33H42O. The normalized spacial score (nSPS) is 30.9. The molecular weight excluding hydrogens is 412 g/mol. The minimum Gasteiger partial charge on any atom is -0.289 e. The van der Waals surface area contributed by atoms with Gasteiger partial charge in [0.05, 0.1) is 0 Å². The van der Waals surface area contributed by atoms with Crippen LogP contribution in [0, 0.1) is 23.2 Å². The SMILES string of the molecule is C=Cc1cc(C(C)C)c2c(c1C)C(=O)C1=C(C)[C@@]3(C)C(=C)C(C(=C)C)=C(C)C[C@@]3(C)C[C@@]1(C)C2. The van der Waals surface area contributed by atoms with Crippen molar-refractivity contribution in [3.8, 4) is 0 Å². The number of ketones is 1. The van der Waals surface area contributed by atoms with E-state index in [1.165, 1.54) is 27.8 Å². The number of carbonyl (C=O) groups is 1. The zero-order valence-electron chi connectivity index (χ0n) is 22.9. The minimum atomic E-state index is -0.270. The van der Waals surface area contributed by atoms with E-state index in [2.05, 4.69) is 88.1 Å². The Bertz CT molecular complexity index is 1250. The number of rotatable bonds is 3. The fourth-order valence-electron chi connectivity index (χ4n) is 8.13. The first kappa shape index (κ1) is 24.7. The molecule has 0 aromatic heterocycles. The molecule has 1 aromatic carbocycles. The highest BCUT2D eigenvalue weighted by atomic mass is 16.1. The van der Waals surface area contributed by atoms with Crippen molar-refractivity contribution in [3.63, 3.8) is 0 Å². The Balaban J connectivity index is 2.06. The van der Waals surface area contributed by atoms with Gasteiger partial charge >= 0.3 is 0 Å². The Morgan fingerprint density at radius 1 is 1.12 bits per heavy atom. The van der Waals surface area contributed by atoms with E-state index in [0.717, 1.165) is 52.7 Å². The zero-order valence-corrected chi connectivity index (χ0v) is 22.9. The lowest BCUT2D eigenvalue weighted by molar-refractivity contribution is 0.0462. The molecule has 3 aliphatic rings. The Kier molecular flexibility index (Phi) is 5.48. The van der Waals surface area contributed by atoms with Crippen LogP contribution in [0.2, 0.25) is 0 Å². The summed E-state index contributed by atoms with van der Waals surface area (Å²) in [4.78, 5) is 14.5. The fourth-order valence-corrected chi connectivity index (χ4v) is 8.13. The summed E-state index contributed by atoms with van der Waals surface area (Å²) in [5.41, 5.74) is 12.2. The molecule has 0 saturated carbocycles. The highest BCUT2D eigenvalue weighted by molar-refractivity contribution is 6.14. The number of fused-ring (bicyclic) bond motifs is 3. The van der Waals surface area contributed by atoms with Crippen molar-refractivity contribution >= 4 is 11.9 Å². The van der Waals surface area contributed by atoms with Crippen molar-refractivity contribution in [2.75, 3.05) is 0 Å². The van der Waals surface area contributed by atoms with Gasteiger partial charge in [0.15, 0.2) is 5.78 Å². The zero-order chi connectivity index (χ0) is 25.5. The Morgan fingerprint density at radius 3 is 2.26 bits per heavy atom. The highest BCUT2D eigenvalue weighted by Gasteiger charge is 2.60. The van der Waals surface area contributed by atoms with Gasteiger partial charge in [-0.2, -0.15) is 0 Å². The number of carbonyl (C=O) groups excluding carboxylic acids is 1. The summed E-state index contributed by atoms with van der Waals surface area (Å²) in [7, 11) is 0. The van der Waals surface area contributed by atoms with E-state index in [9.17, 15) is 4.79 Å². The third-order valence-electron chi connectivity index (χ3n) is 9.76. The summed E-state index contributed by atoms with van der Waals surface area (Å²) in [5.74, 6) is 0.585. The van der Waals surface area contributed by atoms with Crippen molar-refractivity contribution in [2.45, 2.75) is 87.5 Å². The van der Waals surface area contributed by atoms with Crippen LogP contribution < -0.4 is 0 Å². The van der Waals surface area contributed by atoms with Crippen LogP contribution in [0.15, 0.2) is 59.2 Å². The summed E-state index contributed by atoms with van der Waals surface area (Å²) >= 11 is 0. The van der Waals surface area contributed by atoms with E-state index in [0.29, 0.717) is 5.92 Å². The lowest BCUT2D eigenvalue weighted by atomic mass is 9.42. The maximum absolute atomic E-state index is 14.5. The highest BCUT2D eigenvalue weighted by Crippen LogP contribution is 2.69. The second-order valence-corrected chi connectivity index (χ2v) is 12.4. The summed E-state index contributed by atoms with van der Waals surface area (Å²) in [5, 5.41) is 0. The van der Waals surface area contributed by atoms with Gasteiger partial charge in [-0.25, -0.2) is 0 Å². The molecule has 34 heavy (non-hydrogen) atoms. The lowest BCUT2D eigenvalue weighted by Gasteiger charge is -2.61. The Hall–Kier alpha value is -2.41. The van der Waals surface area contributed by atoms with Crippen LogP contribution in [0.3, 0.4) is 0 Å². The van der Waals surface area contributed by atoms with Gasteiger partial charge in [-0.15, -0.1) is 0 Å². The Morgan fingerprint density at radius 2 is 1.74 bits per heavy atom. The van der Waals surface area contributed by atoms with Crippen molar-refractivity contribution in [2.24, 2.45) is 16.2 Å². The van der Waals surface area contributed by atoms with Crippen LogP contribution in [-0.4, -0.2) is 5.78 Å². The first-order valence-corrected chi connectivity index (χ1v) is 12.8. The van der Waals surface area contributed by atoms with E-state index in [1.54, 1.807) is 0 Å². The molecule has 0 fully saturated rings. The minimum absolute atomic E-state index is 0.00132. The van der Waals surface area contributed by atoms with Gasteiger partial charge in [-0.05, 0) is 91.7 Å². The van der Waals surface area contributed by atoms with E-state index >= 15 is 0 Å². The first-order chi connectivity index (χ1) is 15.6. The summed E-state index contributed by atoms with van der Waals surface area (Å²) < 4.78 is 0. The predicted molar refractivity (Wildman–Crippen MR) is 146 cm³/mol. The molecule has 0 N–H and O–H groups in total. The molecule has 1 nitrogen and oxygen atoms in total. The maximum Gasteiger partial charge on any atom is 0.190 e. The molecule has 0 aliphatic heterocycles. The van der Waals surface area contributed by atoms with E-state index in [4.69, 9.17) is 0 Å². The number of hydrogen-bond donors (Lipinski definition) is 0. The topological polar surface area (TPSA) is 17.1 Å². The molecule has 1 aromatic rings. The van der Waals surface area contributed by atoms with Crippen molar-refractivity contribution in [3.05, 3.63) is 87.1 Å². The van der Waals surface area contributed by atoms with E-state index < -0.39 is 0 Å². The number of Topliss-reactive ketones (excluding diaryl/α,β-unsaturated/α-hetero) is 1. The third kappa shape index (κ3) is 2.95. The standard InChI is InChI=1S/C33H42O/c1-13-24-14-25(18(2)3)26-16-31(10)17-32(11)15-20(6)27(19(4)5)22(8)33(32,12)23(9)29(31)30(34)28(26)21(24)7/h13-14,18H,1,4,8,15-17H2,2-3,5-7,9-12H3/t31-,32+,33-/m1/s1. The number of benzene rings is 1. The van der Waals surface area contributed by atoms with Gasteiger partial charge < -0.3 is 0 Å². The molecule has 0 unspecified atom stereocenters. The van der Waals surface area contributed by atoms with Crippen LogP contribution in [0.4, 0.5) is 0 Å². The van der Waals surface area contributed by atoms with Crippen LogP contribution in [0.1, 0.15) is 107 Å². The van der Waals surface area contributed by atoms with Crippen LogP contribution in [0.25, 0.3) is 6.08 Å². The van der Waals surface area contributed by atoms with Crippen LogP contribution in [-0.2, 0) is 6.42 Å². The van der Waals surface area contributed by atoms with Gasteiger partial charge in [-0.3, -0.25) is 4.79 Å². The summed E-state index contributed by atoms with van der Waals surface area (Å²) in [6.07, 6.45) is 4.81. The molecule has 0 heterocycles. The van der Waals surface area contributed by atoms with Crippen LogP contribution in [0.5, 0.6) is 0 Å². The van der Waals surface area contributed by atoms with Crippen LogP contribution >= 0.6 is 0 Å². The summed E-state index contributed by atoms with van der Waals surface area (Å²) in [6.45, 7) is 33.2. The average molecular weight is 455 g/mol. The number of allylic oxidation sites excluding steroid dienone is 6. The number of hydrogen-bond acceptors (Lipinski definition) is 1. The monoisotopic (exact) mass is 454 g/mol. The molecule has 0 spiro atoms. The van der Waals surface area contributed by atoms with E-state index in [1.807, 2.05) is 6.08 Å². The molecule has 4 rings (SSSR count). The third-order valence-corrected chi connectivity index (χ3v) is 9.76. The molecule has 3 atom stereocenters. The first-order valence-electron chi connectivity index (χ1n) is 12.8. The molecule has 0 bridgehead atoms. The van der Waals surface area contributed by atoms with Crippen molar-refractivity contribution < 1.29 is 4.79 Å². The van der Waals surface area contributed by atoms with Gasteiger partial charge in [0.25, 0.3) is 0 Å². The lowest BCUT2D eigenvalue weighted by Crippen LogP contribution is -2.53. The average Bonchev–Trinajstić information content (AvgIpc) is 2.70. The van der Waals surface area contributed by atoms with Crippen molar-refractivity contribution in [1.82, 2.24) is 0 Å². The van der Waals surface area contributed by atoms with Gasteiger partial charge in [0.2, 0.25) is 0 Å². The smallest absolute Gasteiger partial charge is 0.190 e. The van der Waals surface area contributed by atoms with Gasteiger partial charge in [0.1, 0.15) is 0 Å². The predicted octanol–water partition coefficient (Wildman–Crippen LogP) is 9.09.